The van der Waals surface area contributed by atoms with Crippen molar-refractivity contribution in [2.24, 2.45) is 0 Å². The zero-order chi connectivity index (χ0) is 13.1. The molecule has 1 unspecified atom stereocenters. The highest BCUT2D eigenvalue weighted by molar-refractivity contribution is 7.99. The molecular formula is C15H28N2OS. The molecule has 1 spiro atoms. The second-order valence-corrected chi connectivity index (χ2v) is 7.57. The average molecular weight is 284 g/mol. The molecule has 0 bridgehead atoms. The molecule has 0 saturated carbocycles. The van der Waals surface area contributed by atoms with Crippen molar-refractivity contribution in [3.63, 3.8) is 0 Å². The van der Waals surface area contributed by atoms with E-state index in [4.69, 9.17) is 4.74 Å². The monoisotopic (exact) mass is 284 g/mol. The van der Waals surface area contributed by atoms with Crippen LogP contribution in [-0.2, 0) is 4.74 Å². The first kappa shape index (κ1) is 14.2. The molecule has 3 aliphatic rings. The maximum atomic E-state index is 6.24. The fourth-order valence-corrected chi connectivity index (χ4v) is 5.04. The molecule has 0 radical (unpaired) electrons. The molecular weight excluding hydrogens is 256 g/mol. The number of thioether (sulfide) groups is 1. The van der Waals surface area contributed by atoms with Crippen LogP contribution in [0, 0.1) is 0 Å². The molecule has 110 valence electrons. The summed E-state index contributed by atoms with van der Waals surface area (Å²) in [5.41, 5.74) is 0.233. The first-order chi connectivity index (χ1) is 9.33. The van der Waals surface area contributed by atoms with Gasteiger partial charge in [-0.25, -0.2) is 0 Å². The summed E-state index contributed by atoms with van der Waals surface area (Å²) in [6.07, 6.45) is 6.35. The lowest BCUT2D eigenvalue weighted by atomic mass is 9.84. The van der Waals surface area contributed by atoms with Gasteiger partial charge in [-0.2, -0.15) is 11.8 Å². The van der Waals surface area contributed by atoms with E-state index in [1.54, 1.807) is 0 Å². The van der Waals surface area contributed by atoms with E-state index in [2.05, 4.69) is 28.9 Å². The number of nitrogens with zero attached hydrogens (tertiary/aromatic N) is 1. The van der Waals surface area contributed by atoms with Gasteiger partial charge in [0.15, 0.2) is 0 Å². The molecule has 3 saturated heterocycles. The van der Waals surface area contributed by atoms with Gasteiger partial charge in [-0.05, 0) is 50.2 Å². The van der Waals surface area contributed by atoms with Crippen LogP contribution >= 0.6 is 11.8 Å². The number of rotatable bonds is 4. The van der Waals surface area contributed by atoms with Gasteiger partial charge in [-0.3, -0.25) is 4.90 Å². The number of ether oxygens (including phenoxy) is 1. The molecule has 3 rings (SSSR count). The zero-order valence-corrected chi connectivity index (χ0v) is 13.0. The molecule has 3 aliphatic heterocycles. The van der Waals surface area contributed by atoms with Crippen LogP contribution < -0.4 is 5.32 Å². The lowest BCUT2D eigenvalue weighted by molar-refractivity contribution is -0.117. The van der Waals surface area contributed by atoms with Crippen molar-refractivity contribution in [2.45, 2.75) is 56.7 Å². The first-order valence-corrected chi connectivity index (χ1v) is 9.17. The molecule has 4 heteroatoms. The predicted molar refractivity (Wildman–Crippen MR) is 81.9 cm³/mol. The summed E-state index contributed by atoms with van der Waals surface area (Å²) in [5, 5.41) is 3.43. The summed E-state index contributed by atoms with van der Waals surface area (Å²) in [6, 6.07) is 1.56. The van der Waals surface area contributed by atoms with Gasteiger partial charge in [0.2, 0.25) is 0 Å². The van der Waals surface area contributed by atoms with E-state index in [9.17, 15) is 0 Å². The van der Waals surface area contributed by atoms with E-state index in [0.717, 1.165) is 18.7 Å². The Morgan fingerprint density at radius 1 is 1.26 bits per heavy atom. The van der Waals surface area contributed by atoms with Gasteiger partial charge in [0.1, 0.15) is 0 Å². The minimum absolute atomic E-state index is 0.233. The molecule has 3 heterocycles. The fraction of sp³-hybridized carbons (Fsp3) is 1.00. The zero-order valence-electron chi connectivity index (χ0n) is 12.2. The van der Waals surface area contributed by atoms with Crippen molar-refractivity contribution in [3.8, 4) is 0 Å². The summed E-state index contributed by atoms with van der Waals surface area (Å²) >= 11 is 2.10. The average Bonchev–Trinajstić information content (AvgIpc) is 2.37. The molecule has 3 nitrogen and oxygen atoms in total. The Balaban J connectivity index is 1.64. The minimum atomic E-state index is 0.233. The summed E-state index contributed by atoms with van der Waals surface area (Å²) in [7, 11) is 0. The Bertz CT molecular complexity index is 284. The van der Waals surface area contributed by atoms with Crippen molar-refractivity contribution in [1.82, 2.24) is 10.2 Å². The molecule has 1 N–H and O–H groups in total. The molecule has 3 fully saturated rings. The van der Waals surface area contributed by atoms with Gasteiger partial charge >= 0.3 is 0 Å². The quantitative estimate of drug-likeness (QED) is 0.854. The SMILES string of the molecule is CCCN(C1CNC1)C1CCOC2(CCSCC2)C1. The molecule has 0 aromatic carbocycles. The van der Waals surface area contributed by atoms with Gasteiger partial charge in [-0.1, -0.05) is 6.92 Å². The van der Waals surface area contributed by atoms with E-state index >= 15 is 0 Å². The van der Waals surface area contributed by atoms with Crippen molar-refractivity contribution in [1.29, 1.82) is 0 Å². The van der Waals surface area contributed by atoms with Gasteiger partial charge in [-0.15, -0.1) is 0 Å². The van der Waals surface area contributed by atoms with Crippen LogP contribution in [0.15, 0.2) is 0 Å². The molecule has 0 aliphatic carbocycles. The lowest BCUT2D eigenvalue weighted by Gasteiger charge is -2.50. The van der Waals surface area contributed by atoms with Gasteiger partial charge < -0.3 is 10.1 Å². The number of nitrogens with one attached hydrogen (secondary N) is 1. The summed E-state index contributed by atoms with van der Waals surface area (Å²) in [6.45, 7) is 6.95. The Labute approximate surface area is 121 Å². The van der Waals surface area contributed by atoms with Crippen LogP contribution in [-0.4, -0.2) is 60.3 Å². The van der Waals surface area contributed by atoms with Crippen LogP contribution in [0.5, 0.6) is 0 Å². The summed E-state index contributed by atoms with van der Waals surface area (Å²) in [4.78, 5) is 2.79. The van der Waals surface area contributed by atoms with Crippen LogP contribution in [0.25, 0.3) is 0 Å². The molecule has 0 aromatic rings. The molecule has 0 amide bonds. The van der Waals surface area contributed by atoms with Crippen LogP contribution in [0.2, 0.25) is 0 Å². The van der Waals surface area contributed by atoms with Gasteiger partial charge in [0.05, 0.1) is 5.60 Å². The van der Waals surface area contributed by atoms with E-state index in [0.29, 0.717) is 0 Å². The van der Waals surface area contributed by atoms with Crippen molar-refractivity contribution < 1.29 is 4.74 Å². The number of hydrogen-bond acceptors (Lipinski definition) is 4. The normalized spacial score (nSPS) is 31.6. The largest absolute Gasteiger partial charge is 0.375 e. The van der Waals surface area contributed by atoms with Crippen molar-refractivity contribution >= 4 is 11.8 Å². The standard InChI is InChI=1S/C15H28N2OS/c1-2-6-17(14-11-16-12-14)13-3-7-18-15(10-13)4-8-19-9-5-15/h13-14,16H,2-12H2,1H3. The molecule has 1 atom stereocenters. The van der Waals surface area contributed by atoms with Crippen molar-refractivity contribution in [3.05, 3.63) is 0 Å². The van der Waals surface area contributed by atoms with E-state index in [-0.39, 0.29) is 5.60 Å². The highest BCUT2D eigenvalue weighted by Crippen LogP contribution is 2.39. The van der Waals surface area contributed by atoms with E-state index in [1.165, 1.54) is 63.2 Å². The van der Waals surface area contributed by atoms with E-state index < -0.39 is 0 Å². The summed E-state index contributed by atoms with van der Waals surface area (Å²) < 4.78 is 6.24. The molecule has 0 aromatic heterocycles. The minimum Gasteiger partial charge on any atom is -0.375 e. The van der Waals surface area contributed by atoms with Gasteiger partial charge in [0, 0.05) is 31.8 Å². The second kappa shape index (κ2) is 6.33. The van der Waals surface area contributed by atoms with Crippen LogP contribution in [0.4, 0.5) is 0 Å². The van der Waals surface area contributed by atoms with Crippen LogP contribution in [0.3, 0.4) is 0 Å². The lowest BCUT2D eigenvalue weighted by Crippen LogP contribution is -2.62. The highest BCUT2D eigenvalue weighted by Gasteiger charge is 2.42. The highest BCUT2D eigenvalue weighted by atomic mass is 32.2. The maximum Gasteiger partial charge on any atom is 0.0713 e. The smallest absolute Gasteiger partial charge is 0.0713 e. The third-order valence-corrected chi connectivity index (χ3v) is 6.04. The Kier molecular flexibility index (Phi) is 4.73. The van der Waals surface area contributed by atoms with E-state index in [1.807, 2.05) is 0 Å². The Hall–Kier alpha value is 0.230. The predicted octanol–water partition coefficient (Wildman–Crippen LogP) is 2.12. The molecule has 19 heavy (non-hydrogen) atoms. The second-order valence-electron chi connectivity index (χ2n) is 6.34. The first-order valence-electron chi connectivity index (χ1n) is 8.01. The number of hydrogen-bond donors (Lipinski definition) is 1. The van der Waals surface area contributed by atoms with Crippen molar-refractivity contribution in [2.75, 3.05) is 37.7 Å². The Morgan fingerprint density at radius 3 is 2.68 bits per heavy atom. The summed E-state index contributed by atoms with van der Waals surface area (Å²) in [5.74, 6) is 2.59. The third-order valence-electron chi connectivity index (χ3n) is 5.05. The van der Waals surface area contributed by atoms with Gasteiger partial charge in [0.25, 0.3) is 0 Å². The fourth-order valence-electron chi connectivity index (χ4n) is 3.81. The van der Waals surface area contributed by atoms with Crippen LogP contribution in [0.1, 0.15) is 39.0 Å². The third kappa shape index (κ3) is 3.12. The maximum absolute atomic E-state index is 6.24. The topological polar surface area (TPSA) is 24.5 Å². The Morgan fingerprint density at radius 2 is 2.05 bits per heavy atom.